The summed E-state index contributed by atoms with van der Waals surface area (Å²) in [6.07, 6.45) is 6.13. The highest BCUT2D eigenvalue weighted by Gasteiger charge is 2.25. The highest BCUT2D eigenvalue weighted by atomic mass is 15.2. The zero-order valence-corrected chi connectivity index (χ0v) is 8.69. The topological polar surface area (TPSA) is 47.1 Å². The highest BCUT2D eigenvalue weighted by molar-refractivity contribution is 4.93. The predicted octanol–water partition coefficient (Wildman–Crippen LogP) is -0.00440. The van der Waals surface area contributed by atoms with E-state index in [9.17, 15) is 0 Å². The van der Waals surface area contributed by atoms with Crippen molar-refractivity contribution in [1.29, 1.82) is 0 Å². The van der Waals surface area contributed by atoms with Crippen molar-refractivity contribution in [2.75, 3.05) is 19.6 Å². The molecule has 0 radical (unpaired) electrons. The van der Waals surface area contributed by atoms with E-state index in [2.05, 4.69) is 14.5 Å². The fourth-order valence-corrected chi connectivity index (χ4v) is 1.94. The fraction of sp³-hybridized carbons (Fsp3) is 0.700. The van der Waals surface area contributed by atoms with Gasteiger partial charge in [0, 0.05) is 51.5 Å². The second-order valence-electron chi connectivity index (χ2n) is 3.92. The first-order chi connectivity index (χ1) is 6.81. The van der Waals surface area contributed by atoms with Crippen LogP contribution in [0.3, 0.4) is 0 Å². The lowest BCUT2D eigenvalue weighted by Crippen LogP contribution is -2.52. The molecule has 4 heteroatoms. The molecule has 0 spiro atoms. The van der Waals surface area contributed by atoms with Crippen LogP contribution in [0.15, 0.2) is 12.4 Å². The smallest absolute Gasteiger partial charge is 0.109 e. The Labute approximate surface area is 84.7 Å². The van der Waals surface area contributed by atoms with E-state index in [0.29, 0.717) is 6.04 Å². The van der Waals surface area contributed by atoms with Crippen LogP contribution in [0.25, 0.3) is 0 Å². The Balaban J connectivity index is 1.80. The summed E-state index contributed by atoms with van der Waals surface area (Å²) in [4.78, 5) is 6.74. The van der Waals surface area contributed by atoms with Gasteiger partial charge < -0.3 is 10.3 Å². The van der Waals surface area contributed by atoms with Gasteiger partial charge in [0.1, 0.15) is 5.82 Å². The van der Waals surface area contributed by atoms with E-state index >= 15 is 0 Å². The van der Waals surface area contributed by atoms with E-state index in [1.54, 1.807) is 0 Å². The molecule has 2 N–H and O–H groups in total. The Morgan fingerprint density at radius 3 is 3.00 bits per heavy atom. The molecular formula is C10H18N4. The van der Waals surface area contributed by atoms with Gasteiger partial charge in [-0.2, -0.15) is 0 Å². The van der Waals surface area contributed by atoms with Gasteiger partial charge in [0.15, 0.2) is 0 Å². The van der Waals surface area contributed by atoms with Crippen LogP contribution in [0.4, 0.5) is 0 Å². The summed E-state index contributed by atoms with van der Waals surface area (Å²) in [5.74, 6) is 1.16. The first-order valence-corrected chi connectivity index (χ1v) is 5.21. The Morgan fingerprint density at radius 1 is 1.64 bits per heavy atom. The number of hydrogen-bond acceptors (Lipinski definition) is 3. The molecule has 1 unspecified atom stereocenters. The van der Waals surface area contributed by atoms with Crippen LogP contribution >= 0.6 is 0 Å². The molecule has 78 valence electrons. The average Bonchev–Trinajstić information content (AvgIpc) is 2.51. The average molecular weight is 194 g/mol. The van der Waals surface area contributed by atoms with Gasteiger partial charge in [-0.1, -0.05) is 0 Å². The standard InChI is InChI=1S/C10H18N4/c1-13-7-4-12-10(13)3-6-14-5-2-9(14)8-11/h4,7,9H,2-3,5-6,8,11H2,1H3. The van der Waals surface area contributed by atoms with Crippen molar-refractivity contribution in [2.45, 2.75) is 18.9 Å². The van der Waals surface area contributed by atoms with Gasteiger partial charge in [-0.05, 0) is 6.42 Å². The van der Waals surface area contributed by atoms with Crippen LogP contribution in [-0.4, -0.2) is 40.1 Å². The van der Waals surface area contributed by atoms with Gasteiger partial charge in [0.2, 0.25) is 0 Å². The molecule has 1 aliphatic heterocycles. The van der Waals surface area contributed by atoms with E-state index in [0.717, 1.165) is 25.3 Å². The third-order valence-corrected chi connectivity index (χ3v) is 3.08. The van der Waals surface area contributed by atoms with Crippen LogP contribution < -0.4 is 5.73 Å². The van der Waals surface area contributed by atoms with Crippen molar-refractivity contribution in [3.63, 3.8) is 0 Å². The van der Waals surface area contributed by atoms with Gasteiger partial charge in [0.25, 0.3) is 0 Å². The van der Waals surface area contributed by atoms with Crippen molar-refractivity contribution in [2.24, 2.45) is 12.8 Å². The quantitative estimate of drug-likeness (QED) is 0.733. The minimum Gasteiger partial charge on any atom is -0.338 e. The molecule has 1 aromatic heterocycles. The number of hydrogen-bond donors (Lipinski definition) is 1. The first kappa shape index (κ1) is 9.68. The summed E-state index contributed by atoms with van der Waals surface area (Å²) in [5.41, 5.74) is 5.64. The maximum absolute atomic E-state index is 5.64. The summed E-state index contributed by atoms with van der Waals surface area (Å²) < 4.78 is 2.08. The van der Waals surface area contributed by atoms with E-state index in [4.69, 9.17) is 5.73 Å². The van der Waals surface area contributed by atoms with Crippen LogP contribution in [0.2, 0.25) is 0 Å². The summed E-state index contributed by atoms with van der Waals surface area (Å²) in [6, 6.07) is 0.621. The van der Waals surface area contributed by atoms with Gasteiger partial charge in [-0.25, -0.2) is 4.98 Å². The van der Waals surface area contributed by atoms with Crippen LogP contribution in [0.1, 0.15) is 12.2 Å². The summed E-state index contributed by atoms with van der Waals surface area (Å²) in [5, 5.41) is 0. The summed E-state index contributed by atoms with van der Waals surface area (Å²) in [7, 11) is 2.04. The Kier molecular flexibility index (Phi) is 2.84. The number of imidazole rings is 1. The second kappa shape index (κ2) is 4.11. The largest absolute Gasteiger partial charge is 0.338 e. The number of likely N-dealkylation sites (tertiary alicyclic amines) is 1. The SMILES string of the molecule is Cn1ccnc1CCN1CCC1CN. The molecule has 0 saturated carbocycles. The molecule has 2 heterocycles. The minimum absolute atomic E-state index is 0.621. The lowest BCUT2D eigenvalue weighted by atomic mass is 10.0. The van der Waals surface area contributed by atoms with Gasteiger partial charge in [0.05, 0.1) is 0 Å². The van der Waals surface area contributed by atoms with Gasteiger partial charge >= 0.3 is 0 Å². The molecule has 2 rings (SSSR count). The molecule has 4 nitrogen and oxygen atoms in total. The third-order valence-electron chi connectivity index (χ3n) is 3.08. The number of rotatable bonds is 4. The molecule has 1 atom stereocenters. The number of nitrogens with zero attached hydrogens (tertiary/aromatic N) is 3. The lowest BCUT2D eigenvalue weighted by Gasteiger charge is -2.40. The summed E-state index contributed by atoms with van der Waals surface area (Å²) >= 11 is 0. The third kappa shape index (κ3) is 1.81. The van der Waals surface area contributed by atoms with Crippen LogP contribution in [-0.2, 0) is 13.5 Å². The first-order valence-electron chi connectivity index (χ1n) is 5.21. The van der Waals surface area contributed by atoms with Crippen molar-refractivity contribution in [3.05, 3.63) is 18.2 Å². The molecule has 1 aliphatic rings. The molecule has 0 amide bonds. The van der Waals surface area contributed by atoms with Crippen molar-refractivity contribution >= 4 is 0 Å². The monoisotopic (exact) mass is 194 g/mol. The Hall–Kier alpha value is -0.870. The maximum atomic E-state index is 5.64. The van der Waals surface area contributed by atoms with Crippen LogP contribution in [0, 0.1) is 0 Å². The van der Waals surface area contributed by atoms with Crippen molar-refractivity contribution in [1.82, 2.24) is 14.5 Å². The lowest BCUT2D eigenvalue weighted by molar-refractivity contribution is 0.0977. The van der Waals surface area contributed by atoms with E-state index < -0.39 is 0 Å². The van der Waals surface area contributed by atoms with E-state index in [1.165, 1.54) is 13.0 Å². The zero-order chi connectivity index (χ0) is 9.97. The van der Waals surface area contributed by atoms with Crippen LogP contribution in [0.5, 0.6) is 0 Å². The summed E-state index contributed by atoms with van der Waals surface area (Å²) in [6.45, 7) is 3.08. The maximum Gasteiger partial charge on any atom is 0.109 e. The normalized spacial score (nSPS) is 22.3. The second-order valence-corrected chi connectivity index (χ2v) is 3.92. The Morgan fingerprint density at radius 2 is 2.50 bits per heavy atom. The molecule has 14 heavy (non-hydrogen) atoms. The number of aromatic nitrogens is 2. The van der Waals surface area contributed by atoms with Crippen molar-refractivity contribution in [3.8, 4) is 0 Å². The molecule has 0 aliphatic carbocycles. The van der Waals surface area contributed by atoms with Gasteiger partial charge in [-0.15, -0.1) is 0 Å². The zero-order valence-electron chi connectivity index (χ0n) is 8.69. The molecule has 1 aromatic rings. The Bertz CT molecular complexity index is 292. The molecular weight excluding hydrogens is 176 g/mol. The van der Waals surface area contributed by atoms with Crippen molar-refractivity contribution < 1.29 is 0 Å². The van der Waals surface area contributed by atoms with E-state index in [-0.39, 0.29) is 0 Å². The van der Waals surface area contributed by atoms with E-state index in [1.807, 2.05) is 19.4 Å². The number of aryl methyl sites for hydroxylation is 1. The fourth-order valence-electron chi connectivity index (χ4n) is 1.94. The van der Waals surface area contributed by atoms with Gasteiger partial charge in [-0.3, -0.25) is 4.90 Å². The predicted molar refractivity (Wildman–Crippen MR) is 55.9 cm³/mol. The number of nitrogens with two attached hydrogens (primary N) is 1. The molecule has 1 fully saturated rings. The highest BCUT2D eigenvalue weighted by Crippen LogP contribution is 2.15. The minimum atomic E-state index is 0.621. The molecule has 0 bridgehead atoms. The molecule has 0 aromatic carbocycles. The molecule has 1 saturated heterocycles.